The Labute approximate surface area is 183 Å². The highest BCUT2D eigenvalue weighted by atomic mass is 79.9. The standard InChI is InChI=1S/C24H21BrN2O3/c1-30-22-12-11-19(25)13-18(22)15-26-23(28)21-14-17-9-5-6-10-20(17)27(21)24(29)16-7-3-2-4-8-16/h2-13,21H,14-15H2,1H3,(H,26,28)/t21-/m1/s1. The molecule has 3 aromatic rings. The molecule has 1 aliphatic heterocycles. The second kappa shape index (κ2) is 8.71. The van der Waals surface area contributed by atoms with Crippen molar-refractivity contribution >= 4 is 33.4 Å². The summed E-state index contributed by atoms with van der Waals surface area (Å²) in [6.45, 7) is 0.307. The van der Waals surface area contributed by atoms with Crippen molar-refractivity contribution in [3.05, 3.63) is 94.0 Å². The minimum atomic E-state index is -0.603. The number of amides is 2. The summed E-state index contributed by atoms with van der Waals surface area (Å²) in [6.07, 6.45) is 0.482. The lowest BCUT2D eigenvalue weighted by atomic mass is 10.1. The number of ether oxygens (including phenoxy) is 1. The van der Waals surface area contributed by atoms with Gasteiger partial charge in [-0.1, -0.05) is 52.3 Å². The number of benzene rings is 3. The Kier molecular flexibility index (Phi) is 5.86. The maximum Gasteiger partial charge on any atom is 0.259 e. The number of carbonyl (C=O) groups is 2. The lowest BCUT2D eigenvalue weighted by Gasteiger charge is -2.25. The van der Waals surface area contributed by atoms with E-state index in [1.165, 1.54) is 0 Å². The predicted molar refractivity (Wildman–Crippen MR) is 120 cm³/mol. The molecule has 5 nitrogen and oxygen atoms in total. The van der Waals surface area contributed by atoms with Gasteiger partial charge in [0.05, 0.1) is 7.11 Å². The van der Waals surface area contributed by atoms with Crippen molar-refractivity contribution in [3.63, 3.8) is 0 Å². The van der Waals surface area contributed by atoms with Gasteiger partial charge < -0.3 is 10.1 Å². The van der Waals surface area contributed by atoms with Crippen LogP contribution in [0.15, 0.2) is 77.3 Å². The number of rotatable bonds is 5. The number of methoxy groups -OCH3 is 1. The molecule has 1 atom stereocenters. The molecular weight excluding hydrogens is 444 g/mol. The van der Waals surface area contributed by atoms with Crippen LogP contribution in [0.2, 0.25) is 0 Å². The third kappa shape index (κ3) is 3.96. The molecule has 3 aromatic carbocycles. The highest BCUT2D eigenvalue weighted by Gasteiger charge is 2.38. The Morgan fingerprint density at radius 2 is 1.80 bits per heavy atom. The second-order valence-corrected chi connectivity index (χ2v) is 7.98. The maximum absolute atomic E-state index is 13.3. The van der Waals surface area contributed by atoms with Crippen molar-refractivity contribution in [2.75, 3.05) is 12.0 Å². The number of halogens is 1. The van der Waals surface area contributed by atoms with Crippen LogP contribution in [0.1, 0.15) is 21.5 Å². The van der Waals surface area contributed by atoms with Crippen LogP contribution in [-0.2, 0) is 17.8 Å². The van der Waals surface area contributed by atoms with Gasteiger partial charge in [-0.3, -0.25) is 14.5 Å². The van der Waals surface area contributed by atoms with Crippen LogP contribution in [0.5, 0.6) is 5.75 Å². The average Bonchev–Trinajstić information content (AvgIpc) is 3.17. The average molecular weight is 465 g/mol. The molecule has 0 unspecified atom stereocenters. The SMILES string of the molecule is COc1ccc(Br)cc1CNC(=O)[C@H]1Cc2ccccc2N1C(=O)c1ccccc1. The molecule has 1 aliphatic rings. The van der Waals surface area contributed by atoms with Crippen molar-refractivity contribution in [1.29, 1.82) is 0 Å². The number of para-hydroxylation sites is 1. The Bertz CT molecular complexity index is 1080. The van der Waals surface area contributed by atoms with Crippen molar-refractivity contribution in [2.24, 2.45) is 0 Å². The van der Waals surface area contributed by atoms with Crippen LogP contribution < -0.4 is 15.0 Å². The minimum Gasteiger partial charge on any atom is -0.496 e. The number of hydrogen-bond donors (Lipinski definition) is 1. The summed E-state index contributed by atoms with van der Waals surface area (Å²) >= 11 is 3.45. The largest absolute Gasteiger partial charge is 0.496 e. The van der Waals surface area contributed by atoms with Crippen LogP contribution >= 0.6 is 15.9 Å². The number of carbonyl (C=O) groups excluding carboxylic acids is 2. The molecule has 0 aliphatic carbocycles. The normalized spacial score (nSPS) is 14.9. The molecular formula is C24H21BrN2O3. The molecule has 0 aromatic heterocycles. The Balaban J connectivity index is 1.58. The number of nitrogens with zero attached hydrogens (tertiary/aromatic N) is 1. The summed E-state index contributed by atoms with van der Waals surface area (Å²) in [5.41, 5.74) is 3.19. The smallest absolute Gasteiger partial charge is 0.259 e. The van der Waals surface area contributed by atoms with Gasteiger partial charge in [-0.05, 0) is 42.0 Å². The summed E-state index contributed by atoms with van der Waals surface area (Å²) in [4.78, 5) is 28.0. The summed E-state index contributed by atoms with van der Waals surface area (Å²) in [5.74, 6) is 0.323. The maximum atomic E-state index is 13.3. The van der Waals surface area contributed by atoms with Crippen molar-refractivity contribution in [1.82, 2.24) is 5.32 Å². The van der Waals surface area contributed by atoms with Crippen LogP contribution in [0, 0.1) is 0 Å². The first-order valence-electron chi connectivity index (χ1n) is 9.65. The lowest BCUT2D eigenvalue weighted by Crippen LogP contribution is -2.48. The zero-order valence-corrected chi connectivity index (χ0v) is 18.1. The fourth-order valence-corrected chi connectivity index (χ4v) is 4.16. The number of anilines is 1. The molecule has 152 valence electrons. The first-order valence-corrected chi connectivity index (χ1v) is 10.4. The van der Waals surface area contributed by atoms with Crippen molar-refractivity contribution in [2.45, 2.75) is 19.0 Å². The van der Waals surface area contributed by atoms with Gasteiger partial charge in [-0.25, -0.2) is 0 Å². The van der Waals surface area contributed by atoms with Gasteiger partial charge in [-0.15, -0.1) is 0 Å². The highest BCUT2D eigenvalue weighted by Crippen LogP contribution is 2.33. The van der Waals surface area contributed by atoms with Gasteiger partial charge in [-0.2, -0.15) is 0 Å². The molecule has 0 saturated carbocycles. The van der Waals surface area contributed by atoms with E-state index in [1.54, 1.807) is 24.1 Å². The van der Waals surface area contributed by atoms with E-state index in [2.05, 4.69) is 21.2 Å². The zero-order valence-electron chi connectivity index (χ0n) is 16.5. The Morgan fingerprint density at radius 3 is 2.57 bits per heavy atom. The monoisotopic (exact) mass is 464 g/mol. The van der Waals surface area contributed by atoms with Crippen LogP contribution in [0.3, 0.4) is 0 Å². The molecule has 1 N–H and O–H groups in total. The number of hydrogen-bond acceptors (Lipinski definition) is 3. The molecule has 0 radical (unpaired) electrons. The summed E-state index contributed by atoms with van der Waals surface area (Å²) in [5, 5.41) is 2.98. The molecule has 1 heterocycles. The topological polar surface area (TPSA) is 58.6 Å². The van der Waals surface area contributed by atoms with Gasteiger partial charge in [0, 0.05) is 34.3 Å². The van der Waals surface area contributed by atoms with Gasteiger partial charge in [0.2, 0.25) is 5.91 Å². The minimum absolute atomic E-state index is 0.180. The van der Waals surface area contributed by atoms with Crippen molar-refractivity contribution in [3.8, 4) is 5.75 Å². The fraction of sp³-hybridized carbons (Fsp3) is 0.167. The van der Waals surface area contributed by atoms with E-state index in [-0.39, 0.29) is 11.8 Å². The molecule has 6 heteroatoms. The second-order valence-electron chi connectivity index (χ2n) is 7.06. The van der Waals surface area contributed by atoms with E-state index >= 15 is 0 Å². The van der Waals surface area contributed by atoms with Crippen LogP contribution in [0.4, 0.5) is 5.69 Å². The van der Waals surface area contributed by atoms with E-state index in [1.807, 2.05) is 60.7 Å². The van der Waals surface area contributed by atoms with Crippen LogP contribution in [0.25, 0.3) is 0 Å². The van der Waals surface area contributed by atoms with Crippen molar-refractivity contribution < 1.29 is 14.3 Å². The zero-order chi connectivity index (χ0) is 21.1. The quantitative estimate of drug-likeness (QED) is 0.610. The predicted octanol–water partition coefficient (Wildman–Crippen LogP) is 4.35. The highest BCUT2D eigenvalue weighted by molar-refractivity contribution is 9.10. The van der Waals surface area contributed by atoms with Crippen LogP contribution in [-0.4, -0.2) is 25.0 Å². The molecule has 4 rings (SSSR count). The van der Waals surface area contributed by atoms with E-state index in [0.29, 0.717) is 24.3 Å². The third-order valence-corrected chi connectivity index (χ3v) is 5.71. The lowest BCUT2D eigenvalue weighted by molar-refractivity contribution is -0.122. The molecule has 0 bridgehead atoms. The van der Waals surface area contributed by atoms with Gasteiger partial charge in [0.25, 0.3) is 5.91 Å². The number of fused-ring (bicyclic) bond motifs is 1. The summed E-state index contributed by atoms with van der Waals surface area (Å²) in [6, 6.07) is 21.8. The van der Waals surface area contributed by atoms with Gasteiger partial charge >= 0.3 is 0 Å². The molecule has 0 saturated heterocycles. The van der Waals surface area contributed by atoms with E-state index in [0.717, 1.165) is 21.3 Å². The van der Waals surface area contributed by atoms with E-state index in [9.17, 15) is 9.59 Å². The summed E-state index contributed by atoms with van der Waals surface area (Å²) in [7, 11) is 1.60. The molecule has 0 spiro atoms. The molecule has 2 amide bonds. The first kappa shape index (κ1) is 20.2. The van der Waals surface area contributed by atoms with E-state index < -0.39 is 6.04 Å². The summed E-state index contributed by atoms with van der Waals surface area (Å²) < 4.78 is 6.29. The van der Waals surface area contributed by atoms with E-state index in [4.69, 9.17) is 4.74 Å². The molecule has 30 heavy (non-hydrogen) atoms. The third-order valence-electron chi connectivity index (χ3n) is 5.21. The van der Waals surface area contributed by atoms with Gasteiger partial charge in [0.15, 0.2) is 0 Å². The Hall–Kier alpha value is -3.12. The first-order chi connectivity index (χ1) is 14.6. The fourth-order valence-electron chi connectivity index (χ4n) is 3.75. The number of nitrogens with one attached hydrogen (secondary N) is 1. The van der Waals surface area contributed by atoms with Gasteiger partial charge in [0.1, 0.15) is 11.8 Å². The molecule has 0 fully saturated rings. The Morgan fingerprint density at radius 1 is 1.07 bits per heavy atom.